The molecule has 0 saturated carbocycles. The number of hydrogen-bond acceptors (Lipinski definition) is 6. The topological polar surface area (TPSA) is 86.5 Å². The first kappa shape index (κ1) is 21.1. The Morgan fingerprint density at radius 3 is 2.38 bits per heavy atom. The Labute approximate surface area is 186 Å². The van der Waals surface area contributed by atoms with Crippen molar-refractivity contribution in [1.82, 2.24) is 10.1 Å². The van der Waals surface area contributed by atoms with Crippen LogP contribution in [-0.4, -0.2) is 29.3 Å². The number of ether oxygens (including phenoxy) is 2. The zero-order chi connectivity index (χ0) is 22.3. The van der Waals surface area contributed by atoms with Gasteiger partial charge in [0, 0.05) is 5.56 Å². The number of para-hydroxylation sites is 3. The van der Waals surface area contributed by atoms with Gasteiger partial charge >= 0.3 is 0 Å². The Kier molecular flexibility index (Phi) is 6.46. The van der Waals surface area contributed by atoms with Crippen molar-refractivity contribution in [1.29, 1.82) is 0 Å². The van der Waals surface area contributed by atoms with E-state index in [1.807, 2.05) is 68.4 Å². The molecular formula is C25H23N3O4. The van der Waals surface area contributed by atoms with Crippen LogP contribution < -0.4 is 14.8 Å². The van der Waals surface area contributed by atoms with Crippen LogP contribution in [0.15, 0.2) is 77.3 Å². The summed E-state index contributed by atoms with van der Waals surface area (Å²) in [6, 6.07) is 22.3. The number of anilines is 1. The lowest BCUT2D eigenvalue weighted by atomic mass is 10.1. The zero-order valence-electron chi connectivity index (χ0n) is 17.9. The molecule has 162 valence electrons. The van der Waals surface area contributed by atoms with Gasteiger partial charge in [0.1, 0.15) is 11.5 Å². The number of hydrogen-bond donors (Lipinski definition) is 1. The summed E-state index contributed by atoms with van der Waals surface area (Å²) >= 11 is 0. The van der Waals surface area contributed by atoms with E-state index in [1.165, 1.54) is 0 Å². The average Bonchev–Trinajstić information content (AvgIpc) is 3.29. The van der Waals surface area contributed by atoms with Crippen LogP contribution in [0.25, 0.3) is 22.8 Å². The summed E-state index contributed by atoms with van der Waals surface area (Å²) < 4.78 is 16.8. The van der Waals surface area contributed by atoms with Crippen molar-refractivity contribution >= 4 is 11.6 Å². The maximum Gasteiger partial charge on any atom is 0.262 e. The third-order valence-corrected chi connectivity index (χ3v) is 4.75. The van der Waals surface area contributed by atoms with Gasteiger partial charge in [-0.3, -0.25) is 4.79 Å². The molecule has 0 fully saturated rings. The van der Waals surface area contributed by atoms with Crippen molar-refractivity contribution in [2.24, 2.45) is 0 Å². The third-order valence-electron chi connectivity index (χ3n) is 4.75. The largest absolute Gasteiger partial charge is 0.492 e. The Bertz CT molecular complexity index is 1220. The second-order valence-electron chi connectivity index (χ2n) is 7.00. The van der Waals surface area contributed by atoms with E-state index in [4.69, 9.17) is 14.0 Å². The van der Waals surface area contributed by atoms with Gasteiger partial charge in [0.2, 0.25) is 5.82 Å². The molecule has 4 rings (SSSR count). The Morgan fingerprint density at radius 2 is 1.59 bits per heavy atom. The molecule has 0 aliphatic heterocycles. The van der Waals surface area contributed by atoms with E-state index in [9.17, 15) is 4.79 Å². The summed E-state index contributed by atoms with van der Waals surface area (Å²) in [5.74, 6) is 1.59. The van der Waals surface area contributed by atoms with E-state index in [-0.39, 0.29) is 12.5 Å². The molecule has 0 bridgehead atoms. The molecule has 1 N–H and O–H groups in total. The highest BCUT2D eigenvalue weighted by Gasteiger charge is 2.17. The fourth-order valence-corrected chi connectivity index (χ4v) is 3.22. The number of amides is 1. The van der Waals surface area contributed by atoms with Gasteiger partial charge in [-0.15, -0.1) is 0 Å². The maximum atomic E-state index is 12.5. The van der Waals surface area contributed by atoms with Crippen LogP contribution in [0, 0.1) is 6.92 Å². The van der Waals surface area contributed by atoms with Crippen LogP contribution in [0.2, 0.25) is 0 Å². The molecule has 32 heavy (non-hydrogen) atoms. The van der Waals surface area contributed by atoms with Gasteiger partial charge in [0.15, 0.2) is 6.61 Å². The third kappa shape index (κ3) is 4.78. The van der Waals surface area contributed by atoms with Crippen molar-refractivity contribution in [2.45, 2.75) is 13.8 Å². The highest BCUT2D eigenvalue weighted by atomic mass is 16.5. The van der Waals surface area contributed by atoms with Crippen LogP contribution in [0.3, 0.4) is 0 Å². The second-order valence-corrected chi connectivity index (χ2v) is 7.00. The number of aromatic nitrogens is 2. The van der Waals surface area contributed by atoms with Gasteiger partial charge in [-0.1, -0.05) is 53.7 Å². The summed E-state index contributed by atoms with van der Waals surface area (Å²) in [6.07, 6.45) is 0. The molecule has 0 atom stereocenters. The Balaban J connectivity index is 1.48. The molecule has 3 aromatic carbocycles. The monoisotopic (exact) mass is 429 g/mol. The molecular weight excluding hydrogens is 406 g/mol. The van der Waals surface area contributed by atoms with Gasteiger partial charge in [-0.05, 0) is 43.7 Å². The average molecular weight is 429 g/mol. The molecule has 7 heteroatoms. The van der Waals surface area contributed by atoms with Gasteiger partial charge in [0.25, 0.3) is 11.8 Å². The first-order valence-corrected chi connectivity index (χ1v) is 10.3. The number of rotatable bonds is 8. The predicted molar refractivity (Wildman–Crippen MR) is 122 cm³/mol. The first-order chi connectivity index (χ1) is 15.7. The molecule has 4 aromatic rings. The van der Waals surface area contributed by atoms with E-state index in [0.717, 1.165) is 11.1 Å². The number of nitrogens with one attached hydrogen (secondary N) is 1. The van der Waals surface area contributed by atoms with Crippen LogP contribution in [0.1, 0.15) is 12.5 Å². The minimum absolute atomic E-state index is 0.184. The summed E-state index contributed by atoms with van der Waals surface area (Å²) in [5.41, 5.74) is 3.15. The van der Waals surface area contributed by atoms with Gasteiger partial charge in [0.05, 0.1) is 17.9 Å². The normalized spacial score (nSPS) is 10.6. The molecule has 0 aliphatic carbocycles. The predicted octanol–water partition coefficient (Wildman–Crippen LogP) is 5.13. The fourth-order valence-electron chi connectivity index (χ4n) is 3.22. The Hall–Kier alpha value is -4.13. The van der Waals surface area contributed by atoms with E-state index >= 15 is 0 Å². The van der Waals surface area contributed by atoms with Gasteiger partial charge in [-0.25, -0.2) is 0 Å². The molecule has 0 spiro atoms. The highest BCUT2D eigenvalue weighted by Crippen LogP contribution is 2.31. The quantitative estimate of drug-likeness (QED) is 0.418. The Morgan fingerprint density at radius 1 is 0.906 bits per heavy atom. The minimum atomic E-state index is -0.307. The molecule has 7 nitrogen and oxygen atoms in total. The lowest BCUT2D eigenvalue weighted by molar-refractivity contribution is -0.118. The van der Waals surface area contributed by atoms with Crippen LogP contribution in [-0.2, 0) is 4.79 Å². The standard InChI is InChI=1S/C25H23N3O4/c1-3-30-22-15-9-7-13-20(22)26-23(29)16-31-21-14-8-6-12-19(21)25-27-24(28-32-25)18-11-5-4-10-17(18)2/h4-15H,3,16H2,1-2H3,(H,26,29). The zero-order valence-corrected chi connectivity index (χ0v) is 17.9. The van der Waals surface area contributed by atoms with Crippen LogP contribution in [0.5, 0.6) is 11.5 Å². The lowest BCUT2D eigenvalue weighted by Crippen LogP contribution is -2.20. The van der Waals surface area contributed by atoms with Gasteiger partial charge < -0.3 is 19.3 Å². The van der Waals surface area contributed by atoms with Crippen molar-refractivity contribution in [3.8, 4) is 34.3 Å². The fraction of sp³-hybridized carbons (Fsp3) is 0.160. The molecule has 1 heterocycles. The minimum Gasteiger partial charge on any atom is -0.492 e. The van der Waals surface area contributed by atoms with Crippen molar-refractivity contribution in [3.05, 3.63) is 78.4 Å². The summed E-state index contributed by atoms with van der Waals surface area (Å²) in [7, 11) is 0. The molecule has 1 aromatic heterocycles. The summed E-state index contributed by atoms with van der Waals surface area (Å²) in [5, 5.41) is 6.92. The molecule has 0 radical (unpaired) electrons. The number of nitrogens with zero attached hydrogens (tertiary/aromatic N) is 2. The van der Waals surface area contributed by atoms with E-state index < -0.39 is 0 Å². The van der Waals surface area contributed by atoms with Crippen molar-refractivity contribution in [3.63, 3.8) is 0 Å². The number of carbonyl (C=O) groups is 1. The molecule has 0 aliphatic rings. The lowest BCUT2D eigenvalue weighted by Gasteiger charge is -2.12. The SMILES string of the molecule is CCOc1ccccc1NC(=O)COc1ccccc1-c1nc(-c2ccccc2C)no1. The molecule has 0 saturated heterocycles. The molecule has 1 amide bonds. The smallest absolute Gasteiger partial charge is 0.262 e. The van der Waals surface area contributed by atoms with E-state index in [2.05, 4.69) is 15.5 Å². The first-order valence-electron chi connectivity index (χ1n) is 10.3. The number of aryl methyl sites for hydroxylation is 1. The number of benzene rings is 3. The van der Waals surface area contributed by atoms with Gasteiger partial charge in [-0.2, -0.15) is 4.98 Å². The van der Waals surface area contributed by atoms with Crippen LogP contribution >= 0.6 is 0 Å². The second kappa shape index (κ2) is 9.78. The summed E-state index contributed by atoms with van der Waals surface area (Å²) in [4.78, 5) is 17.0. The van der Waals surface area contributed by atoms with E-state index in [0.29, 0.717) is 41.1 Å². The number of carbonyl (C=O) groups excluding carboxylic acids is 1. The van der Waals surface area contributed by atoms with E-state index in [1.54, 1.807) is 18.2 Å². The maximum absolute atomic E-state index is 12.5. The summed E-state index contributed by atoms with van der Waals surface area (Å²) in [6.45, 7) is 4.20. The molecule has 0 unspecified atom stereocenters. The van der Waals surface area contributed by atoms with Crippen molar-refractivity contribution < 1.29 is 18.8 Å². The van der Waals surface area contributed by atoms with Crippen molar-refractivity contribution in [2.75, 3.05) is 18.5 Å². The van der Waals surface area contributed by atoms with Crippen LogP contribution in [0.4, 0.5) is 5.69 Å². The highest BCUT2D eigenvalue weighted by molar-refractivity contribution is 5.93.